The number of carboxylic acids is 1. The highest BCUT2D eigenvalue weighted by molar-refractivity contribution is 6.36. The summed E-state index contributed by atoms with van der Waals surface area (Å²) in [5, 5.41) is 23.3. The molecule has 372 valence electrons. The molecule has 10 rings (SSSR count). The van der Waals surface area contributed by atoms with E-state index in [-0.39, 0.29) is 60.8 Å². The van der Waals surface area contributed by atoms with Crippen LogP contribution in [0.3, 0.4) is 0 Å². The number of aromatic nitrogens is 4. The van der Waals surface area contributed by atoms with Gasteiger partial charge in [0.2, 0.25) is 0 Å². The second-order valence-corrected chi connectivity index (χ2v) is 18.6. The lowest BCUT2D eigenvalue weighted by atomic mass is 10.0. The molecule has 0 radical (unpaired) electrons. The Morgan fingerprint density at radius 3 is 1.45 bits per heavy atom. The van der Waals surface area contributed by atoms with Crippen LogP contribution in [0, 0.1) is 11.6 Å². The average Bonchev–Trinajstić information content (AvgIpc) is 3.97. The highest BCUT2D eigenvalue weighted by Gasteiger charge is 2.32. The zero-order chi connectivity index (χ0) is 51.8. The van der Waals surface area contributed by atoms with Crippen molar-refractivity contribution in [3.8, 4) is 11.4 Å². The number of fused-ring (bicyclic) bond motifs is 2. The van der Waals surface area contributed by atoms with E-state index in [0.29, 0.717) is 66.2 Å². The maximum atomic E-state index is 13.5. The van der Waals surface area contributed by atoms with Crippen molar-refractivity contribution in [1.82, 2.24) is 24.9 Å². The minimum absolute atomic E-state index is 0.106. The summed E-state index contributed by atoms with van der Waals surface area (Å²) in [7, 11) is 0. The van der Waals surface area contributed by atoms with Gasteiger partial charge in [-0.2, -0.15) is 10.2 Å². The molecule has 2 atom stereocenters. The lowest BCUT2D eigenvalue weighted by Gasteiger charge is -2.20. The number of nitrogens with two attached hydrogens (primary N) is 1. The molecule has 0 bridgehead atoms. The monoisotopic (exact) mass is 1060 g/mol. The fourth-order valence-corrected chi connectivity index (χ4v) is 9.07. The number of rotatable bonds is 9. The van der Waals surface area contributed by atoms with Crippen molar-refractivity contribution in [1.29, 1.82) is 0 Å². The molecule has 1 amide bonds. The van der Waals surface area contributed by atoms with Gasteiger partial charge in [-0.3, -0.25) is 4.79 Å². The first kappa shape index (κ1) is 52.4. The molecule has 2 aliphatic heterocycles. The molecule has 73 heavy (non-hydrogen) atoms. The quantitative estimate of drug-likeness (QED) is 0.129. The van der Waals surface area contributed by atoms with Crippen LogP contribution in [0.4, 0.5) is 8.78 Å². The van der Waals surface area contributed by atoms with Gasteiger partial charge in [0.15, 0.2) is 11.4 Å². The Morgan fingerprint density at radius 1 is 0.616 bits per heavy atom. The van der Waals surface area contributed by atoms with Gasteiger partial charge in [0.1, 0.15) is 11.6 Å². The van der Waals surface area contributed by atoms with E-state index in [9.17, 15) is 23.5 Å². The molecule has 4 N–H and O–H groups in total. The first-order chi connectivity index (χ1) is 35.1. The van der Waals surface area contributed by atoms with Gasteiger partial charge in [-0.25, -0.2) is 22.9 Å². The molecule has 17 heteroatoms. The standard InChI is InChI=1S/C28H22Cl2FN3O2.C20H13Cl2FN2O3.C8H11N/c1-17(19-5-3-2-4-6-19)32-28(35)26-23-16-36-15-20(13-18-7-10-22(31)11-8-18)27(23)34(33-26)25-12-9-21(29)14-24(25)30;21-13-3-6-17(16(22)8-13)25-19-12(7-11-1-4-14(23)5-2-11)9-28-10-15(19)18(24-25)20(26)27;1-7(9)8-5-3-2-4-6-8/h2-14,17H,15-16H2,1H3,(H,32,35);1-8H,9-10H2,(H,26,27);2-7H,9H2,1H3/b20-13+;12-7+;/t17-;;7-/m0.0/s1. The molecule has 0 unspecified atom stereocenters. The van der Waals surface area contributed by atoms with Gasteiger partial charge in [-0.15, -0.1) is 0 Å². The minimum Gasteiger partial charge on any atom is -0.476 e. The SMILES string of the molecule is C[C@H](N)c1ccccc1.C[C@H](NC(=O)c1nn(-c2ccc(Cl)cc2Cl)c2c1COC/C2=C\c1ccc(F)cc1)c1ccccc1.O=C(O)c1nn(-c2ccc(Cl)cc2Cl)c2c1COC/C2=C\c1ccc(F)cc1. The van der Waals surface area contributed by atoms with E-state index in [1.807, 2.05) is 86.7 Å². The van der Waals surface area contributed by atoms with E-state index < -0.39 is 5.97 Å². The number of hydrogen-bond donors (Lipinski definition) is 3. The van der Waals surface area contributed by atoms with Gasteiger partial charge in [-0.05, 0) is 109 Å². The Hall–Kier alpha value is -6.94. The van der Waals surface area contributed by atoms with Crippen LogP contribution in [-0.4, -0.2) is 49.8 Å². The number of nitrogens with one attached hydrogen (secondary N) is 1. The fraction of sp³-hybridized carbons (Fsp3) is 0.143. The van der Waals surface area contributed by atoms with Crippen molar-refractivity contribution in [3.05, 3.63) is 233 Å². The third-order valence-electron chi connectivity index (χ3n) is 11.7. The van der Waals surface area contributed by atoms with Crippen molar-refractivity contribution >= 4 is 81.6 Å². The van der Waals surface area contributed by atoms with Crippen LogP contribution in [0.25, 0.3) is 34.7 Å². The molecule has 6 aromatic carbocycles. The predicted molar refractivity (Wildman–Crippen MR) is 283 cm³/mol. The molecule has 2 aromatic heterocycles. The van der Waals surface area contributed by atoms with Gasteiger partial charge in [-0.1, -0.05) is 131 Å². The zero-order valence-electron chi connectivity index (χ0n) is 39.2. The van der Waals surface area contributed by atoms with Crippen molar-refractivity contribution in [2.75, 3.05) is 13.2 Å². The molecule has 4 heterocycles. The molecule has 0 saturated carbocycles. The maximum absolute atomic E-state index is 13.5. The highest BCUT2D eigenvalue weighted by atomic mass is 35.5. The Bertz CT molecular complexity index is 3330. The number of nitrogens with zero attached hydrogens (tertiary/aromatic N) is 4. The van der Waals surface area contributed by atoms with Gasteiger partial charge in [0.05, 0.1) is 65.3 Å². The van der Waals surface area contributed by atoms with E-state index in [4.69, 9.17) is 66.7 Å². The molecule has 0 saturated heterocycles. The number of carboxylic acid groups (broad SMARTS) is 1. The van der Waals surface area contributed by atoms with Crippen LogP contribution in [0.15, 0.2) is 146 Å². The molecule has 8 aromatic rings. The lowest BCUT2D eigenvalue weighted by molar-refractivity contribution is 0.0682. The topological polar surface area (TPSA) is 147 Å². The first-order valence-electron chi connectivity index (χ1n) is 22.8. The van der Waals surface area contributed by atoms with E-state index in [0.717, 1.165) is 22.3 Å². The molecule has 11 nitrogen and oxygen atoms in total. The number of carbonyl (C=O) groups excluding carboxylic acids is 1. The summed E-state index contributed by atoms with van der Waals surface area (Å²) < 4.78 is 41.3. The summed E-state index contributed by atoms with van der Waals surface area (Å²) in [5.41, 5.74) is 14.5. The Balaban J connectivity index is 0.000000170. The van der Waals surface area contributed by atoms with E-state index in [1.54, 1.807) is 65.3 Å². The number of hydrogen-bond acceptors (Lipinski definition) is 7. The van der Waals surface area contributed by atoms with Crippen LogP contribution in [-0.2, 0) is 22.7 Å². The normalized spacial score (nSPS) is 14.7. The average molecular weight is 1060 g/mol. The van der Waals surface area contributed by atoms with Crippen molar-refractivity contribution in [3.63, 3.8) is 0 Å². The third-order valence-corrected chi connectivity index (χ3v) is 12.7. The second-order valence-electron chi connectivity index (χ2n) is 16.9. The van der Waals surface area contributed by atoms with Crippen LogP contribution in [0.5, 0.6) is 0 Å². The van der Waals surface area contributed by atoms with Crippen molar-refractivity contribution in [2.45, 2.75) is 39.1 Å². The summed E-state index contributed by atoms with van der Waals surface area (Å²) in [6.45, 7) is 4.77. The number of amides is 1. The number of halogens is 6. The number of aromatic carboxylic acids is 1. The van der Waals surface area contributed by atoms with Gasteiger partial charge in [0, 0.05) is 38.4 Å². The van der Waals surface area contributed by atoms with Gasteiger partial charge in [0.25, 0.3) is 5.91 Å². The highest BCUT2D eigenvalue weighted by Crippen LogP contribution is 2.37. The first-order valence-corrected chi connectivity index (χ1v) is 24.3. The molecular weight excluding hydrogens is 1020 g/mol. The van der Waals surface area contributed by atoms with Crippen LogP contribution in [0.2, 0.25) is 20.1 Å². The fourth-order valence-electron chi connectivity index (χ4n) is 8.09. The van der Waals surface area contributed by atoms with E-state index in [2.05, 4.69) is 10.4 Å². The summed E-state index contributed by atoms with van der Waals surface area (Å²) >= 11 is 25.0. The van der Waals surface area contributed by atoms with Crippen molar-refractivity contribution in [2.24, 2.45) is 5.73 Å². The van der Waals surface area contributed by atoms with Gasteiger partial charge >= 0.3 is 5.97 Å². The maximum Gasteiger partial charge on any atom is 0.356 e. The summed E-state index contributed by atoms with van der Waals surface area (Å²) in [6.07, 6.45) is 3.71. The number of benzene rings is 6. The largest absolute Gasteiger partial charge is 0.476 e. The second kappa shape index (κ2) is 23.7. The number of ether oxygens (including phenoxy) is 2. The van der Waals surface area contributed by atoms with Crippen LogP contribution in [0.1, 0.15) is 91.7 Å². The number of carbonyl (C=O) groups is 2. The summed E-state index contributed by atoms with van der Waals surface area (Å²) in [6, 6.07) is 41.8. The van der Waals surface area contributed by atoms with E-state index >= 15 is 0 Å². The van der Waals surface area contributed by atoms with E-state index in [1.165, 1.54) is 34.5 Å². The Labute approximate surface area is 440 Å². The molecule has 0 spiro atoms. The molecule has 0 fully saturated rings. The Kier molecular flexibility index (Phi) is 17.0. The zero-order valence-corrected chi connectivity index (χ0v) is 42.2. The molecule has 2 aliphatic rings. The summed E-state index contributed by atoms with van der Waals surface area (Å²) in [4.78, 5) is 25.1. The van der Waals surface area contributed by atoms with Gasteiger partial charge < -0.3 is 25.6 Å². The van der Waals surface area contributed by atoms with Crippen molar-refractivity contribution < 1.29 is 33.0 Å². The van der Waals surface area contributed by atoms with Crippen LogP contribution < -0.4 is 11.1 Å². The lowest BCUT2D eigenvalue weighted by Crippen LogP contribution is -2.28. The van der Waals surface area contributed by atoms with Crippen LogP contribution >= 0.6 is 46.4 Å². The smallest absolute Gasteiger partial charge is 0.356 e. The predicted octanol–water partition coefficient (Wildman–Crippen LogP) is 13.7. The summed E-state index contributed by atoms with van der Waals surface area (Å²) in [5.74, 6) is -2.14. The third kappa shape index (κ3) is 12.6. The molecular formula is C56H46Cl4F2N6O5. The Morgan fingerprint density at radius 2 is 1.04 bits per heavy atom. The molecule has 0 aliphatic carbocycles. The minimum atomic E-state index is -1.16.